The Hall–Kier alpha value is -3.76. The van der Waals surface area contributed by atoms with Crippen LogP contribution in [-0.2, 0) is 4.79 Å². The second kappa shape index (κ2) is 8.77. The van der Waals surface area contributed by atoms with Crippen molar-refractivity contribution in [1.29, 1.82) is 0 Å². The van der Waals surface area contributed by atoms with Crippen LogP contribution in [0.4, 0.5) is 5.82 Å². The molecule has 2 amide bonds. The van der Waals surface area contributed by atoms with Crippen LogP contribution in [0.2, 0.25) is 0 Å². The van der Waals surface area contributed by atoms with Crippen LogP contribution in [-0.4, -0.2) is 85.8 Å². The zero-order valence-corrected chi connectivity index (χ0v) is 17.6. The predicted octanol–water partition coefficient (Wildman–Crippen LogP) is 0.851. The van der Waals surface area contributed by atoms with Crippen molar-refractivity contribution in [3.63, 3.8) is 0 Å². The molecular formula is C21H24N8O3. The molecule has 0 atom stereocenters. The molecule has 3 aromatic heterocycles. The van der Waals surface area contributed by atoms with Gasteiger partial charge < -0.3 is 19.1 Å². The molecule has 2 fully saturated rings. The Morgan fingerprint density at radius 2 is 1.62 bits per heavy atom. The molecule has 3 aromatic rings. The van der Waals surface area contributed by atoms with Gasteiger partial charge in [0.1, 0.15) is 12.7 Å². The first-order valence-corrected chi connectivity index (χ1v) is 10.7. The molecular weight excluding hydrogens is 412 g/mol. The minimum Gasteiger partial charge on any atom is -0.459 e. The number of hydrogen-bond acceptors (Lipinski definition) is 8. The zero-order chi connectivity index (χ0) is 21.9. The number of anilines is 1. The van der Waals surface area contributed by atoms with Crippen LogP contribution < -0.4 is 4.90 Å². The minimum atomic E-state index is -0.119. The predicted molar refractivity (Wildman–Crippen MR) is 113 cm³/mol. The van der Waals surface area contributed by atoms with E-state index in [1.807, 2.05) is 17.0 Å². The van der Waals surface area contributed by atoms with E-state index in [0.717, 1.165) is 31.7 Å². The third-order valence-corrected chi connectivity index (χ3v) is 6.07. The molecule has 0 saturated carbocycles. The fourth-order valence-electron chi connectivity index (χ4n) is 4.24. The maximum Gasteiger partial charge on any atom is 0.289 e. The van der Waals surface area contributed by atoms with E-state index in [1.165, 1.54) is 12.6 Å². The molecule has 0 aliphatic carbocycles. The van der Waals surface area contributed by atoms with E-state index in [4.69, 9.17) is 4.42 Å². The molecule has 0 spiro atoms. The van der Waals surface area contributed by atoms with Gasteiger partial charge in [-0.25, -0.2) is 9.67 Å². The number of amides is 2. The van der Waals surface area contributed by atoms with Crippen molar-refractivity contribution in [3.8, 4) is 5.82 Å². The van der Waals surface area contributed by atoms with Crippen LogP contribution in [0.3, 0.4) is 0 Å². The average Bonchev–Trinajstić information content (AvgIpc) is 3.58. The summed E-state index contributed by atoms with van der Waals surface area (Å²) in [6.07, 6.45) is 6.08. The van der Waals surface area contributed by atoms with E-state index in [1.54, 1.807) is 28.0 Å². The maximum absolute atomic E-state index is 13.0. The number of carbonyl (C=O) groups is 2. The lowest BCUT2D eigenvalue weighted by Crippen LogP contribution is -2.53. The SMILES string of the molecule is O=C(c1ccco1)N1CCN(C(=O)C2CCN(c3ccc(-n4cncn4)nn3)CC2)CC1. The Balaban J connectivity index is 1.11. The van der Waals surface area contributed by atoms with Crippen molar-refractivity contribution in [1.82, 2.24) is 34.8 Å². The summed E-state index contributed by atoms with van der Waals surface area (Å²) in [5.41, 5.74) is 0. The van der Waals surface area contributed by atoms with E-state index >= 15 is 0 Å². The molecule has 0 N–H and O–H groups in total. The highest BCUT2D eigenvalue weighted by Crippen LogP contribution is 2.24. The number of piperidine rings is 1. The fourth-order valence-corrected chi connectivity index (χ4v) is 4.24. The van der Waals surface area contributed by atoms with Crippen LogP contribution in [0, 0.1) is 5.92 Å². The van der Waals surface area contributed by atoms with Crippen molar-refractivity contribution in [2.24, 2.45) is 5.92 Å². The van der Waals surface area contributed by atoms with Crippen molar-refractivity contribution in [2.75, 3.05) is 44.2 Å². The highest BCUT2D eigenvalue weighted by molar-refractivity contribution is 5.91. The topological polar surface area (TPSA) is 113 Å². The molecule has 11 heteroatoms. The molecule has 5 heterocycles. The molecule has 0 radical (unpaired) electrons. The van der Waals surface area contributed by atoms with Gasteiger partial charge in [-0.15, -0.1) is 10.2 Å². The van der Waals surface area contributed by atoms with Gasteiger partial charge in [0.05, 0.1) is 6.26 Å². The van der Waals surface area contributed by atoms with Crippen molar-refractivity contribution in [3.05, 3.63) is 48.9 Å². The van der Waals surface area contributed by atoms with Gasteiger partial charge in [-0.2, -0.15) is 5.10 Å². The maximum atomic E-state index is 13.0. The first-order valence-electron chi connectivity index (χ1n) is 10.7. The van der Waals surface area contributed by atoms with Gasteiger partial charge >= 0.3 is 0 Å². The standard InChI is InChI=1S/C21H24N8O3/c30-20(27-9-11-28(12-10-27)21(31)17-2-1-13-32-17)16-5-7-26(8-6-16)18-3-4-19(25-24-18)29-15-22-14-23-29/h1-4,13-16H,5-12H2. The Bertz CT molecular complexity index is 1040. The number of piperazine rings is 1. The molecule has 166 valence electrons. The lowest BCUT2D eigenvalue weighted by Gasteiger charge is -2.38. The number of rotatable bonds is 4. The number of hydrogen-bond donors (Lipinski definition) is 0. The Kier molecular flexibility index (Phi) is 5.53. The van der Waals surface area contributed by atoms with Gasteiger partial charge in [-0.05, 0) is 37.1 Å². The highest BCUT2D eigenvalue weighted by Gasteiger charge is 2.32. The smallest absolute Gasteiger partial charge is 0.289 e. The van der Waals surface area contributed by atoms with Crippen molar-refractivity contribution in [2.45, 2.75) is 12.8 Å². The summed E-state index contributed by atoms with van der Waals surface area (Å²) in [5.74, 6) is 1.81. The summed E-state index contributed by atoms with van der Waals surface area (Å²) in [7, 11) is 0. The lowest BCUT2D eigenvalue weighted by atomic mass is 9.95. The summed E-state index contributed by atoms with van der Waals surface area (Å²) in [5, 5.41) is 12.6. The van der Waals surface area contributed by atoms with E-state index < -0.39 is 0 Å². The molecule has 32 heavy (non-hydrogen) atoms. The van der Waals surface area contributed by atoms with E-state index in [2.05, 4.69) is 25.2 Å². The fraction of sp³-hybridized carbons (Fsp3) is 0.429. The van der Waals surface area contributed by atoms with Crippen molar-refractivity contribution < 1.29 is 14.0 Å². The second-order valence-electron chi connectivity index (χ2n) is 7.95. The highest BCUT2D eigenvalue weighted by atomic mass is 16.3. The largest absolute Gasteiger partial charge is 0.459 e. The van der Waals surface area contributed by atoms with Gasteiger partial charge in [0.25, 0.3) is 5.91 Å². The van der Waals surface area contributed by atoms with Gasteiger partial charge in [-0.1, -0.05) is 0 Å². The van der Waals surface area contributed by atoms with E-state index in [0.29, 0.717) is 37.8 Å². The number of carbonyl (C=O) groups excluding carboxylic acids is 2. The summed E-state index contributed by atoms with van der Waals surface area (Å²) in [6.45, 7) is 3.67. The molecule has 0 unspecified atom stereocenters. The minimum absolute atomic E-state index is 0.000886. The lowest BCUT2D eigenvalue weighted by molar-refractivity contribution is -0.137. The Morgan fingerprint density at radius 3 is 2.25 bits per heavy atom. The van der Waals surface area contributed by atoms with E-state index in [9.17, 15) is 9.59 Å². The van der Waals surface area contributed by atoms with Gasteiger partial charge in [0.15, 0.2) is 17.4 Å². The summed E-state index contributed by atoms with van der Waals surface area (Å²) < 4.78 is 6.76. The third-order valence-electron chi connectivity index (χ3n) is 6.07. The van der Waals surface area contributed by atoms with Crippen molar-refractivity contribution >= 4 is 17.6 Å². The third kappa shape index (κ3) is 4.05. The van der Waals surface area contributed by atoms with Crippen LogP contribution in [0.25, 0.3) is 5.82 Å². The average molecular weight is 436 g/mol. The van der Waals surface area contributed by atoms with Crippen LogP contribution in [0.5, 0.6) is 0 Å². The first kappa shape index (κ1) is 20.2. The molecule has 0 aromatic carbocycles. The summed E-state index contributed by atoms with van der Waals surface area (Å²) in [4.78, 5) is 35.1. The summed E-state index contributed by atoms with van der Waals surface area (Å²) in [6, 6.07) is 7.15. The van der Waals surface area contributed by atoms with Crippen LogP contribution in [0.15, 0.2) is 47.6 Å². The molecule has 11 nitrogen and oxygen atoms in total. The summed E-state index contributed by atoms with van der Waals surface area (Å²) >= 11 is 0. The number of aromatic nitrogens is 5. The Morgan fingerprint density at radius 1 is 0.906 bits per heavy atom. The monoisotopic (exact) mass is 436 g/mol. The Labute approximate surface area is 184 Å². The normalized spacial score (nSPS) is 17.6. The number of furan rings is 1. The second-order valence-corrected chi connectivity index (χ2v) is 7.95. The molecule has 2 saturated heterocycles. The van der Waals surface area contributed by atoms with Gasteiger partial charge in [0, 0.05) is 45.2 Å². The molecule has 2 aliphatic heterocycles. The first-order chi connectivity index (χ1) is 15.7. The van der Waals surface area contributed by atoms with Crippen LogP contribution >= 0.6 is 0 Å². The molecule has 2 aliphatic rings. The molecule has 0 bridgehead atoms. The van der Waals surface area contributed by atoms with Gasteiger partial charge in [0.2, 0.25) is 5.91 Å². The molecule has 5 rings (SSSR count). The zero-order valence-electron chi connectivity index (χ0n) is 17.6. The number of nitrogens with zero attached hydrogens (tertiary/aromatic N) is 8. The van der Waals surface area contributed by atoms with E-state index in [-0.39, 0.29) is 17.7 Å². The van der Waals surface area contributed by atoms with Crippen LogP contribution in [0.1, 0.15) is 23.4 Å². The quantitative estimate of drug-likeness (QED) is 0.592. The van der Waals surface area contributed by atoms with Gasteiger partial charge in [-0.3, -0.25) is 9.59 Å².